The minimum atomic E-state index is -5.58. The second-order valence-corrected chi connectivity index (χ2v) is 11.4. The van der Waals surface area contributed by atoms with Gasteiger partial charge in [0.2, 0.25) is 0 Å². The van der Waals surface area contributed by atoms with Crippen LogP contribution >= 0.6 is 23.5 Å². The first-order valence-electron chi connectivity index (χ1n) is 9.94. The molecule has 15 nitrogen and oxygen atoms in total. The average Bonchev–Trinajstić information content (AvgIpc) is 2.96. The predicted octanol–water partition coefficient (Wildman–Crippen LogP) is 0.718. The molecule has 6 atom stereocenters. The van der Waals surface area contributed by atoms with E-state index < -0.39 is 42.4 Å². The van der Waals surface area contributed by atoms with Gasteiger partial charge in [-0.05, 0) is 0 Å². The molecule has 19 heteroatoms. The molecule has 0 aromatic rings. The third kappa shape index (κ3) is 12.8. The van der Waals surface area contributed by atoms with Gasteiger partial charge >= 0.3 is 197 Å². The number of phosphoric ester groups is 1. The average molecular weight is 548 g/mol. The van der Waals surface area contributed by atoms with Gasteiger partial charge in [-0.2, -0.15) is 0 Å². The van der Waals surface area contributed by atoms with Crippen molar-refractivity contribution in [3.63, 3.8) is 0 Å². The zero-order chi connectivity index (χ0) is 26.0. The molecule has 0 aromatic carbocycles. The molecule has 1 aliphatic rings. The van der Waals surface area contributed by atoms with Crippen LogP contribution in [0, 0.1) is 23.6 Å². The Balaban J connectivity index is 2.47. The first-order chi connectivity index (χ1) is 15.7. The Bertz CT molecular complexity index is 917. The van der Waals surface area contributed by atoms with Crippen LogP contribution in [0.3, 0.4) is 0 Å². The maximum atomic E-state index is 11.8. The fourth-order valence-corrected chi connectivity index (χ4v) is 5.60. The molecular formula is C15H28BN2O13P3. The molecule has 1 rings (SSSR count). The number of phosphoric acid groups is 3. The first kappa shape index (κ1) is 31.3. The number of carbonyl (C=O) groups is 1. The Morgan fingerprint density at radius 1 is 1.12 bits per heavy atom. The number of carbonyl (C=O) groups excluding carboxylic acids is 1. The predicted molar refractivity (Wildman–Crippen MR) is 117 cm³/mol. The van der Waals surface area contributed by atoms with E-state index in [0.717, 1.165) is 0 Å². The molecule has 3 unspecified atom stereocenters. The van der Waals surface area contributed by atoms with Crippen molar-refractivity contribution in [3.05, 3.63) is 0 Å². The van der Waals surface area contributed by atoms with E-state index in [4.69, 9.17) is 24.2 Å². The number of rotatable bonds is 13. The number of nitrogens with zero attached hydrogens (tertiary/aromatic N) is 1. The van der Waals surface area contributed by atoms with Crippen LogP contribution in [-0.4, -0.2) is 71.2 Å². The third-order valence-electron chi connectivity index (χ3n) is 4.45. The summed E-state index contributed by atoms with van der Waals surface area (Å²) < 4.78 is 56.7. The quantitative estimate of drug-likeness (QED) is 0.0928. The van der Waals surface area contributed by atoms with Gasteiger partial charge in [-0.3, -0.25) is 0 Å². The topological polar surface area (TPSA) is 220 Å². The van der Waals surface area contributed by atoms with Gasteiger partial charge in [0, 0.05) is 0 Å². The summed E-state index contributed by atoms with van der Waals surface area (Å²) in [6.07, 6.45) is -1.00. The SMILES string of the molecule is CCC(=O)NCCOCC#CB=N[C@@H]1O[C@H](COP(=O)(O)OP(=O)(O)OP(=O)(O)O)C(C)[C@@H]1C. The Labute approximate surface area is 197 Å². The Morgan fingerprint density at radius 2 is 1.79 bits per heavy atom. The van der Waals surface area contributed by atoms with E-state index in [1.807, 2.05) is 6.92 Å². The molecule has 194 valence electrons. The third-order valence-corrected chi connectivity index (χ3v) is 8.25. The van der Waals surface area contributed by atoms with Crippen LogP contribution in [-0.2, 0) is 41.1 Å². The van der Waals surface area contributed by atoms with Crippen molar-refractivity contribution in [2.24, 2.45) is 16.7 Å². The maximum absolute atomic E-state index is 11.8. The van der Waals surface area contributed by atoms with Crippen molar-refractivity contribution >= 4 is 36.4 Å². The van der Waals surface area contributed by atoms with Crippen molar-refractivity contribution in [3.8, 4) is 11.7 Å². The Kier molecular flexibility index (Phi) is 13.0. The number of ether oxygens (including phenoxy) is 2. The molecule has 0 aliphatic carbocycles. The van der Waals surface area contributed by atoms with Gasteiger partial charge in [-0.25, -0.2) is 0 Å². The van der Waals surface area contributed by atoms with Gasteiger partial charge in [-0.1, -0.05) is 0 Å². The number of hydrogen-bond acceptors (Lipinski definition) is 10. The van der Waals surface area contributed by atoms with Crippen LogP contribution < -0.4 is 5.32 Å². The van der Waals surface area contributed by atoms with E-state index in [2.05, 4.69) is 35.1 Å². The van der Waals surface area contributed by atoms with E-state index in [0.29, 0.717) is 19.6 Å². The van der Waals surface area contributed by atoms with Gasteiger partial charge in [0.1, 0.15) is 0 Å². The molecule has 0 aromatic heterocycles. The van der Waals surface area contributed by atoms with E-state index in [9.17, 15) is 23.4 Å². The van der Waals surface area contributed by atoms with Crippen LogP contribution in [0.1, 0.15) is 27.2 Å². The second-order valence-electron chi connectivity index (χ2n) is 7.03. The molecule has 0 bridgehead atoms. The second kappa shape index (κ2) is 14.1. The Hall–Kier alpha value is -0.775. The summed E-state index contributed by atoms with van der Waals surface area (Å²) >= 11 is 0. The molecule has 1 aliphatic heterocycles. The monoisotopic (exact) mass is 548 g/mol. The van der Waals surface area contributed by atoms with Crippen molar-refractivity contribution in [1.29, 1.82) is 0 Å². The van der Waals surface area contributed by atoms with Gasteiger partial charge in [0.05, 0.1) is 0 Å². The van der Waals surface area contributed by atoms with Crippen molar-refractivity contribution in [2.75, 3.05) is 26.4 Å². The summed E-state index contributed by atoms with van der Waals surface area (Å²) in [5.74, 6) is 4.95. The first-order valence-corrected chi connectivity index (χ1v) is 14.5. The summed E-state index contributed by atoms with van der Waals surface area (Å²) in [6.45, 7) is 5.62. The fraction of sp³-hybridized carbons (Fsp3) is 0.800. The van der Waals surface area contributed by atoms with E-state index in [1.165, 1.54) is 7.07 Å². The van der Waals surface area contributed by atoms with Crippen molar-refractivity contribution in [2.45, 2.75) is 39.5 Å². The molecule has 1 fully saturated rings. The molecule has 34 heavy (non-hydrogen) atoms. The van der Waals surface area contributed by atoms with Gasteiger partial charge in [-0.15, -0.1) is 0 Å². The van der Waals surface area contributed by atoms with Crippen LogP contribution in [0.4, 0.5) is 0 Å². The minimum absolute atomic E-state index is 0.0675. The standard InChI is InChI=1S/C15H28BN2O13P3/c1-4-14(19)17-7-9-27-8-5-6-16-18-15-12(3)11(2)13(29-15)10-28-33(23,24)31-34(25,26)30-32(20,21)22/h11-13,15H,4,7-10H2,1-3H3,(H,17,19)(H,23,24)(H,25,26)(H2,20,21,22)/t11?,12-,13+,15+/m0/s1. The van der Waals surface area contributed by atoms with Crippen molar-refractivity contribution in [1.82, 2.24) is 5.32 Å². The van der Waals surface area contributed by atoms with Crippen LogP contribution in [0.15, 0.2) is 4.90 Å². The molecule has 5 N–H and O–H groups in total. The summed E-state index contributed by atoms with van der Waals surface area (Å²) in [5, 5.41) is 2.65. The molecule has 1 heterocycles. The zero-order valence-corrected chi connectivity index (χ0v) is 21.4. The molecule has 1 saturated heterocycles. The van der Waals surface area contributed by atoms with Crippen LogP contribution in [0.25, 0.3) is 0 Å². The molecule has 1 amide bonds. The molecule has 0 spiro atoms. The zero-order valence-electron chi connectivity index (χ0n) is 18.7. The fourth-order valence-electron chi connectivity index (χ4n) is 2.57. The normalized spacial score (nSPS) is 26.2. The summed E-state index contributed by atoms with van der Waals surface area (Å²) in [4.78, 5) is 51.0. The summed E-state index contributed by atoms with van der Waals surface area (Å²) in [5.41, 5.74) is 0. The number of hydrogen-bond donors (Lipinski definition) is 5. The molecular weight excluding hydrogens is 520 g/mol. The summed E-state index contributed by atoms with van der Waals surface area (Å²) in [7, 11) is -15.0. The van der Waals surface area contributed by atoms with Crippen molar-refractivity contribution < 1.29 is 60.7 Å². The van der Waals surface area contributed by atoms with E-state index in [1.54, 1.807) is 13.8 Å². The molecule has 0 radical (unpaired) electrons. The number of nitrogens with one attached hydrogen (secondary N) is 1. The van der Waals surface area contributed by atoms with Gasteiger partial charge in [0.15, 0.2) is 0 Å². The van der Waals surface area contributed by atoms with Crippen LogP contribution in [0.5, 0.6) is 0 Å². The van der Waals surface area contributed by atoms with Gasteiger partial charge in [0.25, 0.3) is 0 Å². The Morgan fingerprint density at radius 3 is 2.41 bits per heavy atom. The van der Waals surface area contributed by atoms with Crippen LogP contribution in [0.2, 0.25) is 0 Å². The van der Waals surface area contributed by atoms with E-state index >= 15 is 0 Å². The number of amides is 1. The van der Waals surface area contributed by atoms with E-state index in [-0.39, 0.29) is 24.3 Å². The van der Waals surface area contributed by atoms with Gasteiger partial charge < -0.3 is 0 Å². The molecule has 0 saturated carbocycles. The summed E-state index contributed by atoms with van der Waals surface area (Å²) in [6, 6.07) is 0.